The lowest BCUT2D eigenvalue weighted by atomic mass is 9.82. The molecule has 3 nitrogen and oxygen atoms in total. The van der Waals surface area contributed by atoms with Crippen LogP contribution in [0.15, 0.2) is 29.3 Å². The van der Waals surface area contributed by atoms with Gasteiger partial charge in [-0.05, 0) is 37.1 Å². The van der Waals surface area contributed by atoms with E-state index in [9.17, 15) is 4.79 Å². The molecule has 94 valence electrons. The van der Waals surface area contributed by atoms with E-state index in [-0.39, 0.29) is 5.91 Å². The van der Waals surface area contributed by atoms with Crippen molar-refractivity contribution in [3.05, 3.63) is 34.9 Å². The molecule has 1 fully saturated rings. The first kappa shape index (κ1) is 11.7. The van der Waals surface area contributed by atoms with E-state index in [0.717, 1.165) is 31.2 Å². The number of hydrogen-bond donors (Lipinski definition) is 1. The van der Waals surface area contributed by atoms with Gasteiger partial charge >= 0.3 is 0 Å². The van der Waals surface area contributed by atoms with Crippen molar-refractivity contribution in [2.45, 2.75) is 37.6 Å². The summed E-state index contributed by atoms with van der Waals surface area (Å²) in [5, 5.41) is 3.61. The van der Waals surface area contributed by atoms with Gasteiger partial charge in [-0.15, -0.1) is 0 Å². The average Bonchev–Trinajstić information content (AvgIpc) is 2.69. The summed E-state index contributed by atoms with van der Waals surface area (Å²) in [5.41, 5.74) is 0.433. The monoisotopic (exact) mass is 262 g/mol. The van der Waals surface area contributed by atoms with Gasteiger partial charge in [-0.3, -0.25) is 9.79 Å². The summed E-state index contributed by atoms with van der Waals surface area (Å²) in [6, 6.07) is 7.42. The van der Waals surface area contributed by atoms with E-state index in [1.165, 1.54) is 6.42 Å². The van der Waals surface area contributed by atoms with E-state index in [0.29, 0.717) is 10.9 Å². The van der Waals surface area contributed by atoms with Crippen LogP contribution in [-0.4, -0.2) is 17.3 Å². The summed E-state index contributed by atoms with van der Waals surface area (Å²) in [6.45, 7) is 0. The van der Waals surface area contributed by atoms with Gasteiger partial charge in [-0.1, -0.05) is 30.9 Å². The van der Waals surface area contributed by atoms with Crippen molar-refractivity contribution in [2.24, 2.45) is 4.99 Å². The number of aliphatic imine (C=N–C) groups is 1. The molecule has 0 unspecified atom stereocenters. The fourth-order valence-corrected chi connectivity index (χ4v) is 2.86. The molecule has 0 saturated heterocycles. The lowest BCUT2D eigenvalue weighted by Crippen LogP contribution is -2.41. The maximum atomic E-state index is 12.2. The Bertz CT molecular complexity index is 501. The molecule has 2 aliphatic rings. The fourth-order valence-electron chi connectivity index (χ4n) is 2.74. The van der Waals surface area contributed by atoms with Crippen LogP contribution < -0.4 is 5.32 Å². The van der Waals surface area contributed by atoms with Gasteiger partial charge in [0.15, 0.2) is 0 Å². The van der Waals surface area contributed by atoms with Crippen LogP contribution in [0.4, 0.5) is 0 Å². The molecular formula is C14H15ClN2O. The number of amides is 1. The predicted molar refractivity (Wildman–Crippen MR) is 71.9 cm³/mol. The molecule has 0 radical (unpaired) electrons. The zero-order valence-corrected chi connectivity index (χ0v) is 10.8. The third-order valence-electron chi connectivity index (χ3n) is 3.78. The number of amidine groups is 1. The summed E-state index contributed by atoms with van der Waals surface area (Å²) in [7, 11) is 0. The number of rotatable bonds is 1. The Kier molecular flexibility index (Phi) is 2.86. The SMILES string of the molecule is O=C1NC(c2ccc(Cl)cc2)=NC12CCCCC2. The van der Waals surface area contributed by atoms with E-state index < -0.39 is 5.54 Å². The van der Waals surface area contributed by atoms with Crippen molar-refractivity contribution in [2.75, 3.05) is 0 Å². The van der Waals surface area contributed by atoms with Gasteiger partial charge in [0.2, 0.25) is 0 Å². The third-order valence-corrected chi connectivity index (χ3v) is 4.03. The Morgan fingerprint density at radius 3 is 2.44 bits per heavy atom. The maximum Gasteiger partial charge on any atom is 0.253 e. The largest absolute Gasteiger partial charge is 0.308 e. The van der Waals surface area contributed by atoms with Crippen molar-refractivity contribution in [3.8, 4) is 0 Å². The first-order chi connectivity index (χ1) is 8.70. The molecule has 1 aromatic carbocycles. The van der Waals surface area contributed by atoms with Crippen molar-refractivity contribution in [1.82, 2.24) is 5.32 Å². The Morgan fingerprint density at radius 2 is 1.78 bits per heavy atom. The van der Waals surface area contributed by atoms with Crippen LogP contribution in [0, 0.1) is 0 Å². The van der Waals surface area contributed by atoms with Gasteiger partial charge in [-0.2, -0.15) is 0 Å². The summed E-state index contributed by atoms with van der Waals surface area (Å²) in [5.74, 6) is 0.755. The molecular weight excluding hydrogens is 248 g/mol. The summed E-state index contributed by atoms with van der Waals surface area (Å²) < 4.78 is 0. The highest BCUT2D eigenvalue weighted by atomic mass is 35.5. The smallest absolute Gasteiger partial charge is 0.253 e. The van der Waals surface area contributed by atoms with Gasteiger partial charge in [0, 0.05) is 10.6 Å². The molecule has 1 heterocycles. The minimum atomic E-state index is -0.493. The highest BCUT2D eigenvalue weighted by Crippen LogP contribution is 2.35. The number of halogens is 1. The molecule has 0 atom stereocenters. The van der Waals surface area contributed by atoms with E-state index in [4.69, 9.17) is 11.6 Å². The van der Waals surface area contributed by atoms with Crippen LogP contribution >= 0.6 is 11.6 Å². The number of carbonyl (C=O) groups excluding carboxylic acids is 1. The lowest BCUT2D eigenvalue weighted by Gasteiger charge is -2.27. The van der Waals surface area contributed by atoms with Crippen LogP contribution in [0.3, 0.4) is 0 Å². The van der Waals surface area contributed by atoms with Gasteiger partial charge in [0.1, 0.15) is 11.4 Å². The van der Waals surface area contributed by atoms with E-state index >= 15 is 0 Å². The van der Waals surface area contributed by atoms with Crippen LogP contribution in [0.1, 0.15) is 37.7 Å². The normalized spacial score (nSPS) is 21.8. The van der Waals surface area contributed by atoms with Gasteiger partial charge in [0.25, 0.3) is 5.91 Å². The van der Waals surface area contributed by atoms with Crippen LogP contribution in [0.2, 0.25) is 5.02 Å². The third kappa shape index (κ3) is 1.93. The zero-order chi connectivity index (χ0) is 12.6. The second-order valence-electron chi connectivity index (χ2n) is 5.01. The Labute approximate surface area is 111 Å². The highest BCUT2D eigenvalue weighted by molar-refractivity contribution is 6.30. The van der Waals surface area contributed by atoms with Crippen molar-refractivity contribution in [3.63, 3.8) is 0 Å². The standard InChI is InChI=1S/C14H15ClN2O/c15-11-6-4-10(5-7-11)12-16-13(18)14(17-12)8-2-1-3-9-14/h4-7H,1-3,8-9H2,(H,16,17,18). The summed E-state index contributed by atoms with van der Waals surface area (Å²) >= 11 is 5.86. The van der Waals surface area contributed by atoms with Gasteiger partial charge in [-0.25, -0.2) is 0 Å². The van der Waals surface area contributed by atoms with Crippen molar-refractivity contribution < 1.29 is 4.79 Å². The minimum absolute atomic E-state index is 0.0622. The molecule has 0 bridgehead atoms. The summed E-state index contributed by atoms with van der Waals surface area (Å²) in [4.78, 5) is 16.8. The van der Waals surface area contributed by atoms with Gasteiger partial charge in [0.05, 0.1) is 0 Å². The van der Waals surface area contributed by atoms with E-state index in [1.807, 2.05) is 24.3 Å². The van der Waals surface area contributed by atoms with Crippen LogP contribution in [0.25, 0.3) is 0 Å². The Morgan fingerprint density at radius 1 is 1.11 bits per heavy atom. The quantitative estimate of drug-likeness (QED) is 0.831. The number of carbonyl (C=O) groups is 1. The van der Waals surface area contributed by atoms with E-state index in [1.54, 1.807) is 0 Å². The molecule has 4 heteroatoms. The second kappa shape index (κ2) is 4.39. The summed E-state index contributed by atoms with van der Waals surface area (Å²) in [6.07, 6.45) is 5.13. The van der Waals surface area contributed by atoms with E-state index in [2.05, 4.69) is 10.3 Å². The predicted octanol–water partition coefficient (Wildman–Crippen LogP) is 2.92. The average molecular weight is 263 g/mol. The first-order valence-electron chi connectivity index (χ1n) is 6.37. The molecule has 1 amide bonds. The molecule has 1 aliphatic heterocycles. The maximum absolute atomic E-state index is 12.2. The number of nitrogens with zero attached hydrogens (tertiary/aromatic N) is 1. The molecule has 1 aromatic rings. The number of benzene rings is 1. The van der Waals surface area contributed by atoms with Gasteiger partial charge < -0.3 is 5.32 Å². The Balaban J connectivity index is 1.92. The molecule has 1 saturated carbocycles. The first-order valence-corrected chi connectivity index (χ1v) is 6.75. The second-order valence-corrected chi connectivity index (χ2v) is 5.45. The molecule has 1 aliphatic carbocycles. The fraction of sp³-hybridized carbons (Fsp3) is 0.429. The topological polar surface area (TPSA) is 41.5 Å². The Hall–Kier alpha value is -1.35. The van der Waals surface area contributed by atoms with Crippen molar-refractivity contribution in [1.29, 1.82) is 0 Å². The zero-order valence-electron chi connectivity index (χ0n) is 10.1. The number of hydrogen-bond acceptors (Lipinski definition) is 2. The van der Waals surface area contributed by atoms with Crippen LogP contribution in [0.5, 0.6) is 0 Å². The molecule has 3 rings (SSSR count). The highest BCUT2D eigenvalue weighted by Gasteiger charge is 2.44. The molecule has 0 aromatic heterocycles. The van der Waals surface area contributed by atoms with Crippen LogP contribution in [-0.2, 0) is 4.79 Å². The molecule has 1 spiro atoms. The minimum Gasteiger partial charge on any atom is -0.308 e. The molecule has 1 N–H and O–H groups in total. The number of nitrogens with one attached hydrogen (secondary N) is 1. The van der Waals surface area contributed by atoms with Crippen molar-refractivity contribution >= 4 is 23.3 Å². The lowest BCUT2D eigenvalue weighted by molar-refractivity contribution is -0.124. The molecule has 18 heavy (non-hydrogen) atoms.